The van der Waals surface area contributed by atoms with Crippen LogP contribution in [0.25, 0.3) is 0 Å². The van der Waals surface area contributed by atoms with Crippen molar-refractivity contribution in [3.8, 4) is 0 Å². The second-order valence-electron chi connectivity index (χ2n) is 13.8. The molecule has 1 fully saturated rings. The lowest BCUT2D eigenvalue weighted by Crippen LogP contribution is -2.61. The Kier molecular flexibility index (Phi) is 18.1. The topological polar surface area (TPSA) is 252 Å². The van der Waals surface area contributed by atoms with E-state index in [-0.39, 0.29) is 49.3 Å². The second-order valence-corrected chi connectivity index (χ2v) is 13.8. The highest BCUT2D eigenvalue weighted by Crippen LogP contribution is 2.12. The van der Waals surface area contributed by atoms with Gasteiger partial charge in [-0.1, -0.05) is 41.5 Å². The quantitative estimate of drug-likeness (QED) is 0.0754. The van der Waals surface area contributed by atoms with Crippen LogP contribution in [0.3, 0.4) is 0 Å². The smallest absolute Gasteiger partial charge is 0.326 e. The van der Waals surface area contributed by atoms with Crippen molar-refractivity contribution in [3.63, 3.8) is 0 Å². The van der Waals surface area contributed by atoms with Gasteiger partial charge in [0.15, 0.2) is 0 Å². The fourth-order valence-corrected chi connectivity index (χ4v) is 5.28. The first kappa shape index (κ1) is 42.2. The Bertz CT molecular complexity index is 1120. The summed E-state index contributed by atoms with van der Waals surface area (Å²) in [5.41, 5.74) is 0. The molecular weight excluding hydrogens is 628 g/mol. The van der Waals surface area contributed by atoms with Crippen LogP contribution in [0.5, 0.6) is 0 Å². The number of amides is 5. The summed E-state index contributed by atoms with van der Waals surface area (Å²) in [5.74, 6) is -6.47. The fraction of sp³-hybridized carbons (Fsp3) is 0.781. The first-order chi connectivity index (χ1) is 22.3. The summed E-state index contributed by atoms with van der Waals surface area (Å²) < 4.78 is 0. The average Bonchev–Trinajstić information content (AvgIpc) is 3.51. The van der Waals surface area contributed by atoms with Gasteiger partial charge >= 0.3 is 11.9 Å². The number of carboxylic acid groups (broad SMARTS) is 2. The van der Waals surface area contributed by atoms with Crippen molar-refractivity contribution in [2.75, 3.05) is 6.54 Å². The fourth-order valence-electron chi connectivity index (χ4n) is 5.28. The van der Waals surface area contributed by atoms with E-state index in [1.165, 1.54) is 6.92 Å². The summed E-state index contributed by atoms with van der Waals surface area (Å²) >= 11 is 0. The molecule has 0 aromatic rings. The molecule has 1 heterocycles. The molecule has 1 aliphatic rings. The van der Waals surface area contributed by atoms with Gasteiger partial charge in [-0.05, 0) is 69.7 Å². The molecule has 5 amide bonds. The van der Waals surface area contributed by atoms with Crippen LogP contribution in [-0.4, -0.2) is 106 Å². The van der Waals surface area contributed by atoms with Gasteiger partial charge in [0, 0.05) is 6.42 Å². The minimum Gasteiger partial charge on any atom is -0.481 e. The van der Waals surface area contributed by atoms with Crippen LogP contribution in [0.4, 0.5) is 0 Å². The van der Waals surface area contributed by atoms with E-state index in [4.69, 9.17) is 0 Å². The molecule has 1 saturated heterocycles. The molecule has 1 aliphatic heterocycles. The van der Waals surface area contributed by atoms with E-state index in [1.807, 2.05) is 13.8 Å². The van der Waals surface area contributed by atoms with Gasteiger partial charge in [0.1, 0.15) is 30.2 Å². The van der Waals surface area contributed by atoms with E-state index >= 15 is 0 Å². The van der Waals surface area contributed by atoms with Crippen molar-refractivity contribution < 1.29 is 48.9 Å². The normalized spacial score (nSPS) is 18.3. The zero-order valence-electron chi connectivity index (χ0n) is 29.1. The van der Waals surface area contributed by atoms with Crippen molar-refractivity contribution in [2.45, 2.75) is 136 Å². The van der Waals surface area contributed by atoms with Crippen LogP contribution < -0.4 is 31.9 Å². The number of nitrogens with one attached hydrogen (secondary N) is 6. The second kappa shape index (κ2) is 20.5. The lowest BCUT2D eigenvalue weighted by molar-refractivity contribution is -0.143. The first-order valence-corrected chi connectivity index (χ1v) is 16.7. The highest BCUT2D eigenvalue weighted by molar-refractivity contribution is 5.96. The predicted molar refractivity (Wildman–Crippen MR) is 175 cm³/mol. The maximum absolute atomic E-state index is 13.5. The van der Waals surface area contributed by atoms with Gasteiger partial charge in [0.2, 0.25) is 29.5 Å². The minimum atomic E-state index is -1.52. The van der Waals surface area contributed by atoms with Crippen LogP contribution in [0.15, 0.2) is 0 Å². The number of aliphatic hydroxyl groups is 1. The molecule has 0 aromatic heterocycles. The minimum absolute atomic E-state index is 0.00189. The van der Waals surface area contributed by atoms with E-state index in [1.54, 1.807) is 27.7 Å². The average molecular weight is 685 g/mol. The Labute approximate surface area is 282 Å². The van der Waals surface area contributed by atoms with E-state index < -0.39 is 84.3 Å². The Hall–Kier alpha value is -3.79. The van der Waals surface area contributed by atoms with Gasteiger partial charge in [0.25, 0.3) is 0 Å². The first-order valence-electron chi connectivity index (χ1n) is 16.7. The SMILES string of the molecule is CC(C)C[C@H](NC(=O)[C@H](CCC(=O)O)NC(=O)[C@H](CC(C)C)NC(=O)[C@@H](NC(=O)[C@H](CC(C)C)NC(=O)[C@@H]1CCCN1)[C@@H](C)O)C(=O)O. The molecule has 48 heavy (non-hydrogen) atoms. The van der Waals surface area contributed by atoms with E-state index in [2.05, 4.69) is 31.9 Å². The summed E-state index contributed by atoms with van der Waals surface area (Å²) in [5, 5.41) is 44.9. The van der Waals surface area contributed by atoms with E-state index in [9.17, 15) is 48.9 Å². The van der Waals surface area contributed by atoms with Gasteiger partial charge in [-0.3, -0.25) is 28.8 Å². The number of carbonyl (C=O) groups excluding carboxylic acids is 5. The van der Waals surface area contributed by atoms with Crippen LogP contribution in [0.1, 0.15) is 93.4 Å². The van der Waals surface area contributed by atoms with Crippen molar-refractivity contribution in [2.24, 2.45) is 17.8 Å². The Morgan fingerprint density at radius 1 is 0.646 bits per heavy atom. The number of carbonyl (C=O) groups is 7. The van der Waals surface area contributed by atoms with Crippen molar-refractivity contribution in [1.82, 2.24) is 31.9 Å². The largest absolute Gasteiger partial charge is 0.481 e. The highest BCUT2D eigenvalue weighted by atomic mass is 16.4. The molecule has 0 aliphatic carbocycles. The summed E-state index contributed by atoms with van der Waals surface area (Å²) in [7, 11) is 0. The molecule has 0 aromatic carbocycles. The Morgan fingerprint density at radius 2 is 1.10 bits per heavy atom. The lowest BCUT2D eigenvalue weighted by atomic mass is 10.00. The third-order valence-corrected chi connectivity index (χ3v) is 7.72. The molecule has 0 spiro atoms. The molecule has 0 unspecified atom stereocenters. The van der Waals surface area contributed by atoms with Gasteiger partial charge < -0.3 is 47.2 Å². The third-order valence-electron chi connectivity index (χ3n) is 7.72. The zero-order chi connectivity index (χ0) is 36.7. The predicted octanol–water partition coefficient (Wildman–Crippen LogP) is -0.369. The third kappa shape index (κ3) is 15.4. The standard InChI is InChI=1S/C32H56N6O10/c1-16(2)13-22(29(44)34-21(10-11-25(40)41)28(43)37-24(32(47)48)15-18(5)6)36-31(46)26(19(7)39)38-30(45)23(14-17(3)4)35-27(42)20-9-8-12-33-20/h16-24,26,33,39H,8-15H2,1-7H3,(H,34,44)(H,35,42)(H,36,46)(H,37,43)(H,38,45)(H,40,41)(H,47,48)/t19-,20+,21+,22+,23+,24+,26+/m1/s1. The number of hydrogen-bond donors (Lipinski definition) is 9. The number of rotatable bonds is 21. The van der Waals surface area contributed by atoms with E-state index in [0.717, 1.165) is 6.42 Å². The Balaban J connectivity index is 3.17. The van der Waals surface area contributed by atoms with Crippen LogP contribution in [0, 0.1) is 17.8 Å². The lowest BCUT2D eigenvalue weighted by Gasteiger charge is -2.29. The van der Waals surface area contributed by atoms with Crippen LogP contribution in [0.2, 0.25) is 0 Å². The van der Waals surface area contributed by atoms with E-state index in [0.29, 0.717) is 13.0 Å². The summed E-state index contributed by atoms with van der Waals surface area (Å²) in [6, 6.07) is -6.94. The van der Waals surface area contributed by atoms with Crippen LogP contribution >= 0.6 is 0 Å². The molecule has 0 bridgehead atoms. The van der Waals surface area contributed by atoms with Gasteiger partial charge in [-0.15, -0.1) is 0 Å². The summed E-state index contributed by atoms with van der Waals surface area (Å²) in [4.78, 5) is 89.2. The summed E-state index contributed by atoms with van der Waals surface area (Å²) in [6.07, 6.45) is -0.410. The van der Waals surface area contributed by atoms with Crippen molar-refractivity contribution in [1.29, 1.82) is 0 Å². The molecule has 0 radical (unpaired) electrons. The van der Waals surface area contributed by atoms with Crippen molar-refractivity contribution >= 4 is 41.5 Å². The van der Waals surface area contributed by atoms with Gasteiger partial charge in [-0.2, -0.15) is 0 Å². The molecule has 0 saturated carbocycles. The van der Waals surface area contributed by atoms with Crippen LogP contribution in [-0.2, 0) is 33.6 Å². The van der Waals surface area contributed by atoms with Crippen molar-refractivity contribution in [3.05, 3.63) is 0 Å². The maximum Gasteiger partial charge on any atom is 0.326 e. The van der Waals surface area contributed by atoms with Gasteiger partial charge in [-0.25, -0.2) is 4.79 Å². The highest BCUT2D eigenvalue weighted by Gasteiger charge is 2.35. The molecule has 9 N–H and O–H groups in total. The molecular formula is C32H56N6O10. The number of hydrogen-bond acceptors (Lipinski definition) is 9. The maximum atomic E-state index is 13.5. The number of aliphatic hydroxyl groups excluding tert-OH is 1. The van der Waals surface area contributed by atoms with Gasteiger partial charge in [0.05, 0.1) is 12.1 Å². The number of aliphatic carboxylic acids is 2. The monoisotopic (exact) mass is 684 g/mol. The Morgan fingerprint density at radius 3 is 1.56 bits per heavy atom. The molecule has 7 atom stereocenters. The molecule has 274 valence electrons. The molecule has 1 rings (SSSR count). The molecule has 16 heteroatoms. The zero-order valence-corrected chi connectivity index (χ0v) is 29.1. The number of carboxylic acids is 2. The summed E-state index contributed by atoms with van der Waals surface area (Å²) in [6.45, 7) is 12.8. The molecule has 16 nitrogen and oxygen atoms in total.